The third-order valence-electron chi connectivity index (χ3n) is 2.40. The summed E-state index contributed by atoms with van der Waals surface area (Å²) in [5.41, 5.74) is -0.425. The summed E-state index contributed by atoms with van der Waals surface area (Å²) in [7, 11) is 0. The lowest BCUT2D eigenvalue weighted by atomic mass is 10.3. The molecular weight excluding hydrogens is 225 g/mol. The summed E-state index contributed by atoms with van der Waals surface area (Å²) in [6, 6.07) is 1.34. The second-order valence-corrected chi connectivity index (χ2v) is 3.79. The van der Waals surface area contributed by atoms with Gasteiger partial charge in [0.2, 0.25) is 0 Å². The topological polar surface area (TPSA) is 48.3 Å². The van der Waals surface area contributed by atoms with E-state index in [1.807, 2.05) is 6.92 Å². The predicted octanol–water partition coefficient (Wildman–Crippen LogP) is 1.89. The van der Waals surface area contributed by atoms with E-state index in [0.717, 1.165) is 35.7 Å². The molecular formula is C12H16FNO3. The van der Waals surface area contributed by atoms with E-state index in [0.29, 0.717) is 6.61 Å². The molecule has 0 aliphatic rings. The molecule has 0 radical (unpaired) electrons. The zero-order valence-corrected chi connectivity index (χ0v) is 9.98. The Hall–Kier alpha value is -1.65. The normalized spacial score (nSPS) is 12.2. The lowest BCUT2D eigenvalue weighted by Gasteiger charge is -2.13. The van der Waals surface area contributed by atoms with Gasteiger partial charge in [0.15, 0.2) is 0 Å². The smallest absolute Gasteiger partial charge is 0.328 e. The number of unbranched alkanes of at least 4 members (excludes halogenated alkanes) is 1. The Bertz CT molecular complexity index is 442. The predicted molar refractivity (Wildman–Crippen MR) is 61.2 cm³/mol. The van der Waals surface area contributed by atoms with Gasteiger partial charge in [-0.15, -0.1) is 0 Å². The van der Waals surface area contributed by atoms with Gasteiger partial charge < -0.3 is 4.74 Å². The highest BCUT2D eigenvalue weighted by Crippen LogP contribution is 2.06. The molecule has 1 unspecified atom stereocenters. The highest BCUT2D eigenvalue weighted by molar-refractivity contribution is 5.73. The van der Waals surface area contributed by atoms with E-state index in [-0.39, 0.29) is 0 Å². The molecule has 17 heavy (non-hydrogen) atoms. The number of esters is 1. The van der Waals surface area contributed by atoms with E-state index >= 15 is 0 Å². The van der Waals surface area contributed by atoms with Crippen LogP contribution < -0.4 is 5.56 Å². The highest BCUT2D eigenvalue weighted by atomic mass is 19.1. The first-order chi connectivity index (χ1) is 8.06. The van der Waals surface area contributed by atoms with Gasteiger partial charge in [0.25, 0.3) is 5.56 Å². The number of carbonyl (C=O) groups is 1. The van der Waals surface area contributed by atoms with E-state index in [9.17, 15) is 14.0 Å². The van der Waals surface area contributed by atoms with Crippen LogP contribution in [0.5, 0.6) is 0 Å². The van der Waals surface area contributed by atoms with Crippen molar-refractivity contribution < 1.29 is 13.9 Å². The first-order valence-corrected chi connectivity index (χ1v) is 5.60. The molecule has 0 saturated heterocycles. The molecule has 0 fully saturated rings. The van der Waals surface area contributed by atoms with Gasteiger partial charge in [0, 0.05) is 12.3 Å². The number of nitrogens with zero attached hydrogens (tertiary/aromatic N) is 1. The van der Waals surface area contributed by atoms with Gasteiger partial charge in [-0.25, -0.2) is 9.18 Å². The number of ether oxygens (including phenoxy) is 1. The number of rotatable bonds is 5. The molecule has 0 aliphatic heterocycles. The molecule has 5 heteroatoms. The molecule has 1 aromatic heterocycles. The third-order valence-corrected chi connectivity index (χ3v) is 2.40. The maximum atomic E-state index is 13.0. The van der Waals surface area contributed by atoms with Crippen LogP contribution in [0.15, 0.2) is 23.1 Å². The van der Waals surface area contributed by atoms with Gasteiger partial charge in [0.05, 0.1) is 6.61 Å². The zero-order chi connectivity index (χ0) is 12.8. The Kier molecular flexibility index (Phi) is 4.87. The van der Waals surface area contributed by atoms with Crippen molar-refractivity contribution >= 4 is 5.97 Å². The van der Waals surface area contributed by atoms with E-state index in [1.165, 1.54) is 6.92 Å². The largest absolute Gasteiger partial charge is 0.464 e. The molecule has 94 valence electrons. The second kappa shape index (κ2) is 6.18. The molecule has 0 aliphatic carbocycles. The quantitative estimate of drug-likeness (QED) is 0.584. The molecule has 1 rings (SSSR count). The Balaban J connectivity index is 2.74. The van der Waals surface area contributed by atoms with Crippen molar-refractivity contribution in [1.29, 1.82) is 0 Å². The number of carbonyl (C=O) groups excluding carboxylic acids is 1. The fourth-order valence-electron chi connectivity index (χ4n) is 1.33. The summed E-state index contributed by atoms with van der Waals surface area (Å²) in [5.74, 6) is -1.08. The van der Waals surface area contributed by atoms with Crippen LogP contribution in [0, 0.1) is 5.82 Å². The lowest BCUT2D eigenvalue weighted by Crippen LogP contribution is -2.28. The Labute approximate surface area is 99.0 Å². The van der Waals surface area contributed by atoms with Gasteiger partial charge in [-0.3, -0.25) is 9.36 Å². The maximum absolute atomic E-state index is 13.0. The summed E-state index contributed by atoms with van der Waals surface area (Å²) in [5, 5.41) is 0. The Morgan fingerprint density at radius 3 is 2.88 bits per heavy atom. The van der Waals surface area contributed by atoms with Gasteiger partial charge in [0.1, 0.15) is 11.9 Å². The van der Waals surface area contributed by atoms with Gasteiger partial charge in [-0.1, -0.05) is 13.3 Å². The van der Waals surface area contributed by atoms with E-state index in [1.54, 1.807) is 0 Å². The van der Waals surface area contributed by atoms with Gasteiger partial charge >= 0.3 is 5.97 Å². The van der Waals surface area contributed by atoms with Crippen molar-refractivity contribution in [1.82, 2.24) is 4.57 Å². The summed E-state index contributed by atoms with van der Waals surface area (Å²) >= 11 is 0. The number of hydrogen-bond donors (Lipinski definition) is 0. The molecule has 0 bridgehead atoms. The summed E-state index contributed by atoms with van der Waals surface area (Å²) < 4.78 is 19.0. The lowest BCUT2D eigenvalue weighted by molar-refractivity contribution is -0.147. The van der Waals surface area contributed by atoms with Crippen LogP contribution in [0.1, 0.15) is 32.7 Å². The molecule has 1 aromatic rings. The van der Waals surface area contributed by atoms with Crippen molar-refractivity contribution in [3.63, 3.8) is 0 Å². The van der Waals surface area contributed by atoms with E-state index in [4.69, 9.17) is 4.74 Å². The molecule has 0 N–H and O–H groups in total. The van der Waals surface area contributed by atoms with Crippen LogP contribution in [0.4, 0.5) is 4.39 Å². The summed E-state index contributed by atoms with van der Waals surface area (Å²) in [4.78, 5) is 23.0. The monoisotopic (exact) mass is 241 g/mol. The van der Waals surface area contributed by atoms with E-state index < -0.39 is 23.4 Å². The summed E-state index contributed by atoms with van der Waals surface area (Å²) in [6.45, 7) is 3.81. The van der Waals surface area contributed by atoms with Gasteiger partial charge in [-0.2, -0.15) is 0 Å². The van der Waals surface area contributed by atoms with Crippen LogP contribution >= 0.6 is 0 Å². The van der Waals surface area contributed by atoms with Crippen LogP contribution in [-0.2, 0) is 9.53 Å². The highest BCUT2D eigenvalue weighted by Gasteiger charge is 2.17. The molecule has 0 spiro atoms. The molecule has 0 amide bonds. The minimum Gasteiger partial charge on any atom is -0.464 e. The first-order valence-electron chi connectivity index (χ1n) is 5.60. The standard InChI is InChI=1S/C12H16FNO3/c1-3-4-7-17-12(16)9(2)14-8-10(13)5-6-11(14)15/h5-6,8-9H,3-4,7H2,1-2H3. The third kappa shape index (κ3) is 3.69. The van der Waals surface area contributed by atoms with Gasteiger partial charge in [-0.05, 0) is 19.4 Å². The van der Waals surface area contributed by atoms with Crippen LogP contribution in [0.2, 0.25) is 0 Å². The Morgan fingerprint density at radius 2 is 2.24 bits per heavy atom. The van der Waals surface area contributed by atoms with Crippen molar-refractivity contribution in [3.05, 3.63) is 34.5 Å². The number of aromatic nitrogens is 1. The van der Waals surface area contributed by atoms with E-state index in [2.05, 4.69) is 0 Å². The number of hydrogen-bond acceptors (Lipinski definition) is 3. The van der Waals surface area contributed by atoms with Crippen LogP contribution in [0.25, 0.3) is 0 Å². The van der Waals surface area contributed by atoms with Crippen molar-refractivity contribution in [3.8, 4) is 0 Å². The van der Waals surface area contributed by atoms with Crippen molar-refractivity contribution in [2.75, 3.05) is 6.61 Å². The Morgan fingerprint density at radius 1 is 1.53 bits per heavy atom. The molecule has 0 saturated carbocycles. The molecule has 0 aromatic carbocycles. The fraction of sp³-hybridized carbons (Fsp3) is 0.500. The van der Waals surface area contributed by atoms with Crippen LogP contribution in [0.3, 0.4) is 0 Å². The first kappa shape index (κ1) is 13.4. The SMILES string of the molecule is CCCCOC(=O)C(C)n1cc(F)ccc1=O. The number of pyridine rings is 1. The average Bonchev–Trinajstić information content (AvgIpc) is 2.31. The zero-order valence-electron chi connectivity index (χ0n) is 9.98. The van der Waals surface area contributed by atoms with Crippen molar-refractivity contribution in [2.24, 2.45) is 0 Å². The average molecular weight is 241 g/mol. The minimum absolute atomic E-state index is 0.323. The fourth-order valence-corrected chi connectivity index (χ4v) is 1.33. The van der Waals surface area contributed by atoms with Crippen LogP contribution in [-0.4, -0.2) is 17.1 Å². The molecule has 1 atom stereocenters. The maximum Gasteiger partial charge on any atom is 0.328 e. The second-order valence-electron chi connectivity index (χ2n) is 3.79. The van der Waals surface area contributed by atoms with Crippen molar-refractivity contribution in [2.45, 2.75) is 32.7 Å². The minimum atomic E-state index is -0.810. The molecule has 4 nitrogen and oxygen atoms in total. The molecule has 1 heterocycles. The summed E-state index contributed by atoms with van der Waals surface area (Å²) in [6.07, 6.45) is 2.70. The number of halogens is 1.